The lowest BCUT2D eigenvalue weighted by molar-refractivity contribution is -0.137. The number of nitrogens with one attached hydrogen (secondary N) is 1. The second-order valence-corrected chi connectivity index (χ2v) is 9.80. The van der Waals surface area contributed by atoms with E-state index in [1.54, 1.807) is 41.3 Å². The minimum absolute atomic E-state index is 0.0541. The molecule has 0 aromatic heterocycles. The molecule has 1 heterocycles. The lowest BCUT2D eigenvalue weighted by atomic mass is 10.1. The number of carbonyl (C=O) groups is 2. The molecule has 1 aliphatic heterocycles. The van der Waals surface area contributed by atoms with Crippen LogP contribution in [-0.2, 0) is 30.8 Å². The molecule has 0 bridgehead atoms. The van der Waals surface area contributed by atoms with Crippen molar-refractivity contribution in [2.24, 2.45) is 5.10 Å². The van der Waals surface area contributed by atoms with E-state index in [2.05, 4.69) is 10.5 Å². The molecule has 11 heteroatoms. The Kier molecular flexibility index (Phi) is 9.21. The highest BCUT2D eigenvalue weighted by Crippen LogP contribution is 2.23. The van der Waals surface area contributed by atoms with Gasteiger partial charge in [-0.25, -0.2) is 13.8 Å². The number of hydrogen-bond acceptors (Lipinski definition) is 7. The third-order valence-electron chi connectivity index (χ3n) is 5.34. The van der Waals surface area contributed by atoms with E-state index in [4.69, 9.17) is 9.47 Å². The standard InChI is InChI=1S/C24H30N4O6S/c1-3-20-6-4-5-7-22(20)28(35(2,31)32)17-23(29)26-25-16-19-8-10-21(11-9-19)34-18-24(30)27-12-14-33-15-13-27/h4-11,16H,3,12-15,17-18H2,1-2H3,(H,26,29)/b25-16-. The highest BCUT2D eigenvalue weighted by Gasteiger charge is 2.22. The van der Waals surface area contributed by atoms with Crippen molar-refractivity contribution in [1.29, 1.82) is 0 Å². The maximum atomic E-state index is 12.4. The van der Waals surface area contributed by atoms with E-state index in [1.165, 1.54) is 6.21 Å². The summed E-state index contributed by atoms with van der Waals surface area (Å²) in [5, 5.41) is 3.92. The molecule has 0 unspecified atom stereocenters. The van der Waals surface area contributed by atoms with E-state index in [0.29, 0.717) is 49.7 Å². The number of hydrogen-bond donors (Lipinski definition) is 1. The van der Waals surface area contributed by atoms with Gasteiger partial charge in [0.05, 0.1) is 31.4 Å². The molecular weight excluding hydrogens is 472 g/mol. The fourth-order valence-electron chi connectivity index (χ4n) is 3.48. The predicted molar refractivity (Wildman–Crippen MR) is 133 cm³/mol. The van der Waals surface area contributed by atoms with Gasteiger partial charge in [-0.1, -0.05) is 25.1 Å². The normalized spacial score (nSPS) is 14.1. The highest BCUT2D eigenvalue weighted by molar-refractivity contribution is 7.92. The summed E-state index contributed by atoms with van der Waals surface area (Å²) in [5.41, 5.74) is 4.35. The van der Waals surface area contributed by atoms with Gasteiger partial charge in [0.25, 0.3) is 11.8 Å². The number of anilines is 1. The molecule has 1 aliphatic rings. The van der Waals surface area contributed by atoms with Crippen molar-refractivity contribution in [2.45, 2.75) is 13.3 Å². The molecule has 10 nitrogen and oxygen atoms in total. The topological polar surface area (TPSA) is 118 Å². The van der Waals surface area contributed by atoms with Gasteiger partial charge in [-0.05, 0) is 47.9 Å². The first-order valence-corrected chi connectivity index (χ1v) is 13.1. The van der Waals surface area contributed by atoms with Gasteiger partial charge in [0.1, 0.15) is 12.3 Å². The molecule has 3 rings (SSSR count). The van der Waals surface area contributed by atoms with Crippen LogP contribution in [0, 0.1) is 0 Å². The first-order valence-electron chi connectivity index (χ1n) is 11.2. The van der Waals surface area contributed by atoms with Crippen LogP contribution in [0.5, 0.6) is 5.75 Å². The van der Waals surface area contributed by atoms with Crippen LogP contribution in [0.15, 0.2) is 53.6 Å². The van der Waals surface area contributed by atoms with E-state index in [1.807, 2.05) is 19.1 Å². The Bertz CT molecular complexity index is 1140. The molecule has 1 N–H and O–H groups in total. The maximum Gasteiger partial charge on any atom is 0.260 e. The number of hydrazone groups is 1. The first-order chi connectivity index (χ1) is 16.8. The van der Waals surface area contributed by atoms with Crippen LogP contribution in [0.2, 0.25) is 0 Å². The SMILES string of the molecule is CCc1ccccc1N(CC(=O)N/N=C\c1ccc(OCC(=O)N2CCOCC2)cc1)S(C)(=O)=O. The van der Waals surface area contributed by atoms with Crippen LogP contribution in [0.25, 0.3) is 0 Å². The van der Waals surface area contributed by atoms with Gasteiger partial charge in [-0.15, -0.1) is 0 Å². The number of sulfonamides is 1. The summed E-state index contributed by atoms with van der Waals surface area (Å²) >= 11 is 0. The number of aryl methyl sites for hydroxylation is 1. The average molecular weight is 503 g/mol. The summed E-state index contributed by atoms with van der Waals surface area (Å²) in [5.74, 6) is -0.128. The third-order valence-corrected chi connectivity index (χ3v) is 6.46. The molecule has 0 spiro atoms. The second-order valence-electron chi connectivity index (χ2n) is 7.90. The van der Waals surface area contributed by atoms with Gasteiger partial charge in [0.15, 0.2) is 6.61 Å². The Morgan fingerprint density at radius 2 is 1.83 bits per heavy atom. The van der Waals surface area contributed by atoms with Crippen molar-refractivity contribution < 1.29 is 27.5 Å². The lowest BCUT2D eigenvalue weighted by Crippen LogP contribution is -2.42. The minimum Gasteiger partial charge on any atom is -0.484 e. The second kappa shape index (κ2) is 12.3. The molecule has 2 aromatic carbocycles. The monoisotopic (exact) mass is 502 g/mol. The fraction of sp³-hybridized carbons (Fsp3) is 0.375. The highest BCUT2D eigenvalue weighted by atomic mass is 32.2. The molecule has 188 valence electrons. The number of benzene rings is 2. The van der Waals surface area contributed by atoms with Crippen molar-refractivity contribution in [3.63, 3.8) is 0 Å². The molecule has 35 heavy (non-hydrogen) atoms. The van der Waals surface area contributed by atoms with Crippen molar-refractivity contribution in [3.05, 3.63) is 59.7 Å². The van der Waals surface area contributed by atoms with Crippen molar-refractivity contribution in [1.82, 2.24) is 10.3 Å². The largest absolute Gasteiger partial charge is 0.484 e. The molecule has 1 fully saturated rings. The Balaban J connectivity index is 1.52. The quantitative estimate of drug-likeness (QED) is 0.388. The van der Waals surface area contributed by atoms with Gasteiger partial charge >= 0.3 is 0 Å². The van der Waals surface area contributed by atoms with E-state index in [0.717, 1.165) is 16.1 Å². The van der Waals surface area contributed by atoms with Crippen molar-refractivity contribution in [2.75, 3.05) is 50.0 Å². The predicted octanol–water partition coefficient (Wildman–Crippen LogP) is 1.40. The summed E-state index contributed by atoms with van der Waals surface area (Å²) in [7, 11) is -3.67. The number of morpholine rings is 1. The maximum absolute atomic E-state index is 12.4. The van der Waals surface area contributed by atoms with Crippen molar-refractivity contribution in [3.8, 4) is 5.75 Å². The van der Waals surface area contributed by atoms with Gasteiger partial charge in [0.2, 0.25) is 10.0 Å². The molecule has 1 saturated heterocycles. The van der Waals surface area contributed by atoms with Gasteiger partial charge in [-0.3, -0.25) is 13.9 Å². The van der Waals surface area contributed by atoms with Crippen LogP contribution in [0.1, 0.15) is 18.1 Å². The number of ether oxygens (including phenoxy) is 2. The van der Waals surface area contributed by atoms with Crippen molar-refractivity contribution >= 4 is 33.7 Å². The summed E-state index contributed by atoms with van der Waals surface area (Å²) in [6, 6.07) is 13.9. The summed E-state index contributed by atoms with van der Waals surface area (Å²) in [6.45, 7) is 3.68. The van der Waals surface area contributed by atoms with Crippen LogP contribution < -0.4 is 14.5 Å². The summed E-state index contributed by atoms with van der Waals surface area (Å²) in [4.78, 5) is 26.3. The molecule has 0 aliphatic carbocycles. The molecule has 2 aromatic rings. The Morgan fingerprint density at radius 1 is 1.14 bits per heavy atom. The van der Waals surface area contributed by atoms with Gasteiger partial charge in [0, 0.05) is 13.1 Å². The molecule has 0 saturated carbocycles. The molecule has 0 atom stereocenters. The molecule has 2 amide bonds. The van der Waals surface area contributed by atoms with Crippen LogP contribution in [-0.4, -0.2) is 77.1 Å². The fourth-order valence-corrected chi connectivity index (χ4v) is 4.37. The number of amides is 2. The Hall–Kier alpha value is -3.44. The van der Waals surface area contributed by atoms with E-state index < -0.39 is 22.5 Å². The van der Waals surface area contributed by atoms with Crippen LogP contribution in [0.3, 0.4) is 0 Å². The zero-order chi connectivity index (χ0) is 25.3. The molecular formula is C24H30N4O6S. The number of nitrogens with zero attached hydrogens (tertiary/aromatic N) is 3. The number of rotatable bonds is 10. The number of carbonyl (C=O) groups excluding carboxylic acids is 2. The summed E-state index contributed by atoms with van der Waals surface area (Å²) < 4.78 is 36.5. The van der Waals surface area contributed by atoms with E-state index >= 15 is 0 Å². The van der Waals surface area contributed by atoms with Crippen LogP contribution >= 0.6 is 0 Å². The number of para-hydroxylation sites is 1. The first kappa shape index (κ1) is 26.2. The molecule has 0 radical (unpaired) electrons. The van der Waals surface area contributed by atoms with Crippen LogP contribution in [0.4, 0.5) is 5.69 Å². The zero-order valence-electron chi connectivity index (χ0n) is 19.8. The average Bonchev–Trinajstić information content (AvgIpc) is 2.86. The summed E-state index contributed by atoms with van der Waals surface area (Å²) in [6.07, 6.45) is 3.13. The Morgan fingerprint density at radius 3 is 2.49 bits per heavy atom. The third kappa shape index (κ3) is 7.79. The zero-order valence-corrected chi connectivity index (χ0v) is 20.7. The van der Waals surface area contributed by atoms with E-state index in [9.17, 15) is 18.0 Å². The smallest absolute Gasteiger partial charge is 0.260 e. The van der Waals surface area contributed by atoms with Gasteiger partial charge in [-0.2, -0.15) is 5.10 Å². The van der Waals surface area contributed by atoms with Gasteiger partial charge < -0.3 is 14.4 Å². The lowest BCUT2D eigenvalue weighted by Gasteiger charge is -2.26. The Labute approximate surface area is 205 Å². The minimum atomic E-state index is -3.67. The van der Waals surface area contributed by atoms with E-state index in [-0.39, 0.29) is 12.5 Å².